The van der Waals surface area contributed by atoms with Crippen LogP contribution in [0.3, 0.4) is 0 Å². The molecule has 0 fully saturated rings. The number of hydrogen-bond acceptors (Lipinski definition) is 5. The number of hydroxylamine groups is 1. The Morgan fingerprint density at radius 3 is 2.52 bits per heavy atom. The van der Waals surface area contributed by atoms with Gasteiger partial charge in [0.05, 0.1) is 10.0 Å². The van der Waals surface area contributed by atoms with Crippen LogP contribution in [0.5, 0.6) is 0 Å². The molecule has 2 amide bonds. The fraction of sp³-hybridized carbons (Fsp3) is 0. The van der Waals surface area contributed by atoms with Gasteiger partial charge in [-0.15, -0.1) is 11.3 Å². The largest absolute Gasteiger partial charge is 0.288 e. The monoisotopic (exact) mass is 367 g/mol. The van der Waals surface area contributed by atoms with Crippen LogP contribution in [0.15, 0.2) is 45.3 Å². The van der Waals surface area contributed by atoms with Crippen molar-refractivity contribution in [2.75, 3.05) is 0 Å². The summed E-state index contributed by atoms with van der Waals surface area (Å²) in [5, 5.41) is 12.4. The molecular formula is C13H10BrN3O3S. The van der Waals surface area contributed by atoms with Gasteiger partial charge in [-0.25, -0.2) is 10.9 Å². The maximum Gasteiger partial charge on any atom is 0.274 e. The van der Waals surface area contributed by atoms with Crippen LogP contribution in [-0.2, 0) is 0 Å². The Bertz CT molecular complexity index is 699. The van der Waals surface area contributed by atoms with Gasteiger partial charge in [0.15, 0.2) is 0 Å². The first-order valence-electron chi connectivity index (χ1n) is 5.73. The van der Waals surface area contributed by atoms with Gasteiger partial charge in [-0.1, -0.05) is 6.07 Å². The molecule has 0 aliphatic carbocycles. The molecule has 0 atom stereocenters. The lowest BCUT2D eigenvalue weighted by Crippen LogP contribution is -2.21. The third-order valence-electron chi connectivity index (χ3n) is 2.44. The first-order chi connectivity index (χ1) is 10.1. The summed E-state index contributed by atoms with van der Waals surface area (Å²) in [6, 6.07) is 9.66. The Kier molecular flexibility index (Phi) is 5.20. The molecule has 8 heteroatoms. The van der Waals surface area contributed by atoms with E-state index < -0.39 is 11.8 Å². The summed E-state index contributed by atoms with van der Waals surface area (Å²) >= 11 is 4.81. The van der Waals surface area contributed by atoms with Crippen molar-refractivity contribution < 1.29 is 14.8 Å². The molecule has 0 saturated carbocycles. The van der Waals surface area contributed by atoms with E-state index >= 15 is 0 Å². The zero-order chi connectivity index (χ0) is 15.2. The lowest BCUT2D eigenvalue weighted by atomic mass is 10.1. The highest BCUT2D eigenvalue weighted by molar-refractivity contribution is 9.11. The molecule has 0 bridgehead atoms. The van der Waals surface area contributed by atoms with Gasteiger partial charge in [-0.3, -0.25) is 14.8 Å². The highest BCUT2D eigenvalue weighted by Gasteiger charge is 2.09. The molecule has 0 spiro atoms. The minimum atomic E-state index is -0.684. The summed E-state index contributed by atoms with van der Waals surface area (Å²) in [4.78, 5) is 24.0. The predicted octanol–water partition coefficient (Wildman–Crippen LogP) is 2.39. The van der Waals surface area contributed by atoms with E-state index in [9.17, 15) is 9.59 Å². The summed E-state index contributed by atoms with van der Waals surface area (Å²) in [5.74, 6) is -1.13. The second kappa shape index (κ2) is 7.11. The molecule has 0 radical (unpaired) electrons. The van der Waals surface area contributed by atoms with Crippen molar-refractivity contribution in [3.05, 3.63) is 56.2 Å². The number of nitrogens with one attached hydrogen (secondary N) is 2. The van der Waals surface area contributed by atoms with E-state index in [1.807, 2.05) is 12.1 Å². The molecule has 6 nitrogen and oxygen atoms in total. The number of benzene rings is 1. The first kappa shape index (κ1) is 15.4. The summed E-state index contributed by atoms with van der Waals surface area (Å²) < 4.78 is 0.970. The number of hydrogen-bond donors (Lipinski definition) is 3. The molecule has 1 heterocycles. The average molecular weight is 368 g/mol. The van der Waals surface area contributed by atoms with Gasteiger partial charge in [0.1, 0.15) is 0 Å². The van der Waals surface area contributed by atoms with Crippen LogP contribution in [0, 0.1) is 0 Å². The third kappa shape index (κ3) is 4.22. The van der Waals surface area contributed by atoms with Crippen LogP contribution >= 0.6 is 27.3 Å². The van der Waals surface area contributed by atoms with E-state index in [1.165, 1.54) is 35.2 Å². The fourth-order valence-corrected chi connectivity index (χ4v) is 2.78. The van der Waals surface area contributed by atoms with Crippen molar-refractivity contribution in [2.45, 2.75) is 0 Å². The van der Waals surface area contributed by atoms with E-state index in [0.717, 1.165) is 8.66 Å². The van der Waals surface area contributed by atoms with E-state index in [-0.39, 0.29) is 11.1 Å². The number of carbonyl (C=O) groups is 2. The highest BCUT2D eigenvalue weighted by atomic mass is 79.9. The first-order valence-corrected chi connectivity index (χ1v) is 7.34. The smallest absolute Gasteiger partial charge is 0.274 e. The molecule has 21 heavy (non-hydrogen) atoms. The van der Waals surface area contributed by atoms with E-state index in [2.05, 4.69) is 26.5 Å². The summed E-state index contributed by atoms with van der Waals surface area (Å²) in [6.45, 7) is 0. The number of rotatable bonds is 4. The fourth-order valence-electron chi connectivity index (χ4n) is 1.48. The molecule has 2 aromatic rings. The zero-order valence-corrected chi connectivity index (χ0v) is 12.9. The summed E-state index contributed by atoms with van der Waals surface area (Å²) in [7, 11) is 0. The SMILES string of the molecule is O=C(NO)c1cccc(C(=O)N/N=C/c2ccc(Br)s2)c1. The molecule has 3 N–H and O–H groups in total. The minimum Gasteiger partial charge on any atom is -0.288 e. The number of amides is 2. The van der Waals surface area contributed by atoms with Crippen molar-refractivity contribution in [1.29, 1.82) is 0 Å². The average Bonchev–Trinajstić information content (AvgIpc) is 2.92. The normalized spacial score (nSPS) is 10.6. The quantitative estimate of drug-likeness (QED) is 0.440. The number of thiophene rings is 1. The van der Waals surface area contributed by atoms with E-state index in [1.54, 1.807) is 12.1 Å². The predicted molar refractivity (Wildman–Crippen MR) is 82.8 cm³/mol. The van der Waals surface area contributed by atoms with E-state index in [0.29, 0.717) is 0 Å². The maximum atomic E-state index is 11.9. The van der Waals surface area contributed by atoms with Gasteiger partial charge in [-0.05, 0) is 46.3 Å². The van der Waals surface area contributed by atoms with Gasteiger partial charge >= 0.3 is 0 Å². The van der Waals surface area contributed by atoms with Gasteiger partial charge in [0.25, 0.3) is 11.8 Å². The van der Waals surface area contributed by atoms with Crippen molar-refractivity contribution >= 4 is 45.3 Å². The van der Waals surface area contributed by atoms with Crippen molar-refractivity contribution in [3.8, 4) is 0 Å². The number of carbonyl (C=O) groups excluding carboxylic acids is 2. The number of nitrogens with zero attached hydrogens (tertiary/aromatic N) is 1. The van der Waals surface area contributed by atoms with Crippen LogP contribution in [0.2, 0.25) is 0 Å². The molecule has 0 aliphatic rings. The van der Waals surface area contributed by atoms with Crippen molar-refractivity contribution in [3.63, 3.8) is 0 Å². The highest BCUT2D eigenvalue weighted by Crippen LogP contribution is 2.20. The minimum absolute atomic E-state index is 0.177. The second-order valence-corrected chi connectivity index (χ2v) is 6.36. The van der Waals surface area contributed by atoms with Crippen molar-refractivity contribution in [1.82, 2.24) is 10.9 Å². The molecule has 108 valence electrons. The summed E-state index contributed by atoms with van der Waals surface area (Å²) in [6.07, 6.45) is 1.53. The number of halogens is 1. The van der Waals surface area contributed by atoms with Crippen LogP contribution in [0.4, 0.5) is 0 Å². The van der Waals surface area contributed by atoms with Gasteiger partial charge in [-0.2, -0.15) is 5.10 Å². The number of hydrazone groups is 1. The Morgan fingerprint density at radius 1 is 1.19 bits per heavy atom. The lowest BCUT2D eigenvalue weighted by Gasteiger charge is -2.02. The topological polar surface area (TPSA) is 90.8 Å². The van der Waals surface area contributed by atoms with Crippen LogP contribution in [0.1, 0.15) is 25.6 Å². The Labute approximate surface area is 132 Å². The molecule has 2 rings (SSSR count). The zero-order valence-electron chi connectivity index (χ0n) is 10.5. The van der Waals surface area contributed by atoms with Gasteiger partial charge in [0, 0.05) is 16.0 Å². The maximum absolute atomic E-state index is 11.9. The van der Waals surface area contributed by atoms with Crippen LogP contribution in [0.25, 0.3) is 0 Å². The van der Waals surface area contributed by atoms with Crippen LogP contribution in [-0.4, -0.2) is 23.2 Å². The van der Waals surface area contributed by atoms with Gasteiger partial charge in [0.2, 0.25) is 0 Å². The standard InChI is InChI=1S/C13H10BrN3O3S/c14-11-5-4-10(21-11)7-15-16-12(18)8-2-1-3-9(6-8)13(19)17-20/h1-7,20H,(H,16,18)(H,17,19)/b15-7+. The Balaban J connectivity index is 2.03. The Hall–Kier alpha value is -2.03. The Morgan fingerprint density at radius 2 is 1.90 bits per heavy atom. The third-order valence-corrected chi connectivity index (χ3v) is 4.00. The van der Waals surface area contributed by atoms with Gasteiger partial charge < -0.3 is 0 Å². The summed E-state index contributed by atoms with van der Waals surface area (Å²) in [5.41, 5.74) is 4.32. The lowest BCUT2D eigenvalue weighted by molar-refractivity contribution is 0.0706. The second-order valence-electron chi connectivity index (χ2n) is 3.86. The molecule has 0 aliphatic heterocycles. The molecule has 0 unspecified atom stereocenters. The molecule has 1 aromatic carbocycles. The molecular weight excluding hydrogens is 358 g/mol. The van der Waals surface area contributed by atoms with E-state index in [4.69, 9.17) is 5.21 Å². The van der Waals surface area contributed by atoms with Crippen molar-refractivity contribution in [2.24, 2.45) is 5.10 Å². The molecule has 1 aromatic heterocycles. The van der Waals surface area contributed by atoms with Crippen LogP contribution < -0.4 is 10.9 Å². The molecule has 0 saturated heterocycles.